The van der Waals surface area contributed by atoms with Gasteiger partial charge in [-0.3, -0.25) is 4.79 Å². The molecule has 1 aromatic carbocycles. The van der Waals surface area contributed by atoms with Gasteiger partial charge in [-0.1, -0.05) is 11.8 Å². The van der Waals surface area contributed by atoms with Gasteiger partial charge in [-0.25, -0.2) is 13.8 Å². The normalized spacial score (nSPS) is 12.9. The molecular formula is C11H10F2N2O2S. The van der Waals surface area contributed by atoms with E-state index in [4.69, 9.17) is 5.11 Å². The highest BCUT2D eigenvalue weighted by molar-refractivity contribution is 8.00. The van der Waals surface area contributed by atoms with Crippen molar-refractivity contribution in [2.24, 2.45) is 7.05 Å². The number of rotatable bonds is 3. The monoisotopic (exact) mass is 272 g/mol. The highest BCUT2D eigenvalue weighted by atomic mass is 32.2. The number of benzene rings is 1. The van der Waals surface area contributed by atoms with Crippen molar-refractivity contribution in [2.45, 2.75) is 17.3 Å². The number of hydrogen-bond donors (Lipinski definition) is 1. The molecule has 0 saturated carbocycles. The Morgan fingerprint density at radius 2 is 2.06 bits per heavy atom. The van der Waals surface area contributed by atoms with Crippen LogP contribution in [0.1, 0.15) is 6.92 Å². The molecule has 96 valence electrons. The number of aromatic nitrogens is 2. The van der Waals surface area contributed by atoms with E-state index < -0.39 is 22.9 Å². The van der Waals surface area contributed by atoms with Crippen LogP contribution < -0.4 is 0 Å². The lowest BCUT2D eigenvalue weighted by atomic mass is 10.3. The molecule has 0 fully saturated rings. The van der Waals surface area contributed by atoms with Gasteiger partial charge in [-0.2, -0.15) is 0 Å². The molecule has 1 heterocycles. The first-order chi connectivity index (χ1) is 8.40. The maximum absolute atomic E-state index is 13.1. The Hall–Kier alpha value is -1.63. The standard InChI is InChI=1S/C11H10F2N2O2S/c1-5(10(16)17)18-11-14-8-3-6(12)7(13)4-9(8)15(11)2/h3-5H,1-2H3,(H,16,17). The first kappa shape index (κ1) is 12.8. The van der Waals surface area contributed by atoms with Crippen LogP contribution in [0, 0.1) is 11.6 Å². The summed E-state index contributed by atoms with van der Waals surface area (Å²) in [6.45, 7) is 1.52. The number of carbonyl (C=O) groups is 1. The summed E-state index contributed by atoms with van der Waals surface area (Å²) < 4.78 is 27.7. The highest BCUT2D eigenvalue weighted by Crippen LogP contribution is 2.27. The SMILES string of the molecule is CC(Sc1nc2cc(F)c(F)cc2n1C)C(=O)O. The molecule has 4 nitrogen and oxygen atoms in total. The van der Waals surface area contributed by atoms with E-state index >= 15 is 0 Å². The number of imidazole rings is 1. The third-order valence-electron chi connectivity index (χ3n) is 2.51. The van der Waals surface area contributed by atoms with Gasteiger partial charge >= 0.3 is 5.97 Å². The Balaban J connectivity index is 2.47. The fraction of sp³-hybridized carbons (Fsp3) is 0.273. The van der Waals surface area contributed by atoms with Gasteiger partial charge in [0.2, 0.25) is 0 Å². The van der Waals surface area contributed by atoms with Crippen LogP contribution in [-0.2, 0) is 11.8 Å². The van der Waals surface area contributed by atoms with E-state index in [1.54, 1.807) is 11.6 Å². The summed E-state index contributed by atoms with van der Waals surface area (Å²) >= 11 is 1.02. The lowest BCUT2D eigenvalue weighted by molar-refractivity contribution is -0.136. The zero-order chi connectivity index (χ0) is 13.4. The Morgan fingerprint density at radius 1 is 1.44 bits per heavy atom. The number of fused-ring (bicyclic) bond motifs is 1. The van der Waals surface area contributed by atoms with Crippen molar-refractivity contribution in [3.63, 3.8) is 0 Å². The minimum absolute atomic E-state index is 0.302. The molecule has 7 heteroatoms. The number of aryl methyl sites for hydroxylation is 1. The van der Waals surface area contributed by atoms with Crippen LogP contribution >= 0.6 is 11.8 Å². The molecule has 0 aliphatic rings. The van der Waals surface area contributed by atoms with E-state index in [0.717, 1.165) is 23.9 Å². The second kappa shape index (κ2) is 4.56. The summed E-state index contributed by atoms with van der Waals surface area (Å²) in [5.74, 6) is -2.89. The summed E-state index contributed by atoms with van der Waals surface area (Å²) in [5.41, 5.74) is 0.727. The van der Waals surface area contributed by atoms with Crippen molar-refractivity contribution in [3.8, 4) is 0 Å². The number of halogens is 2. The number of hydrogen-bond acceptors (Lipinski definition) is 3. The minimum Gasteiger partial charge on any atom is -0.480 e. The number of thioether (sulfide) groups is 1. The fourth-order valence-corrected chi connectivity index (χ4v) is 2.30. The topological polar surface area (TPSA) is 55.1 Å². The molecule has 1 atom stereocenters. The summed E-state index contributed by atoms with van der Waals surface area (Å²) in [7, 11) is 1.63. The lowest BCUT2D eigenvalue weighted by Gasteiger charge is -2.05. The van der Waals surface area contributed by atoms with Crippen molar-refractivity contribution < 1.29 is 18.7 Å². The zero-order valence-corrected chi connectivity index (χ0v) is 10.5. The summed E-state index contributed by atoms with van der Waals surface area (Å²) in [4.78, 5) is 14.9. The number of nitrogens with zero attached hydrogens (tertiary/aromatic N) is 2. The Kier molecular flexibility index (Phi) is 3.25. The average molecular weight is 272 g/mol. The summed E-state index contributed by atoms with van der Waals surface area (Å²) in [6, 6.07) is 2.05. The molecule has 0 aliphatic heterocycles. The third-order valence-corrected chi connectivity index (χ3v) is 3.64. The molecule has 18 heavy (non-hydrogen) atoms. The van der Waals surface area contributed by atoms with Gasteiger partial charge < -0.3 is 9.67 Å². The van der Waals surface area contributed by atoms with Crippen LogP contribution in [0.3, 0.4) is 0 Å². The van der Waals surface area contributed by atoms with E-state index in [1.165, 1.54) is 6.92 Å². The summed E-state index contributed by atoms with van der Waals surface area (Å²) in [5, 5.41) is 8.54. The van der Waals surface area contributed by atoms with Crippen molar-refractivity contribution in [2.75, 3.05) is 0 Å². The van der Waals surface area contributed by atoms with Crippen LogP contribution in [0.4, 0.5) is 8.78 Å². The van der Waals surface area contributed by atoms with E-state index in [2.05, 4.69) is 4.98 Å². The Bertz CT molecular complexity index is 627. The number of carboxylic acid groups (broad SMARTS) is 1. The molecule has 1 aromatic heterocycles. The molecule has 1 unspecified atom stereocenters. The van der Waals surface area contributed by atoms with E-state index in [1.807, 2.05) is 0 Å². The lowest BCUT2D eigenvalue weighted by Crippen LogP contribution is -2.12. The van der Waals surface area contributed by atoms with Gasteiger partial charge in [0, 0.05) is 19.2 Å². The van der Waals surface area contributed by atoms with Crippen molar-refractivity contribution >= 4 is 28.8 Å². The minimum atomic E-state index is -0.969. The molecule has 0 saturated heterocycles. The predicted molar refractivity (Wildman–Crippen MR) is 63.6 cm³/mol. The van der Waals surface area contributed by atoms with Crippen LogP contribution in [-0.4, -0.2) is 25.9 Å². The molecule has 2 rings (SSSR count). The van der Waals surface area contributed by atoms with Crippen LogP contribution in [0.15, 0.2) is 17.3 Å². The first-order valence-corrected chi connectivity index (χ1v) is 5.99. The van der Waals surface area contributed by atoms with Crippen molar-refractivity contribution in [1.29, 1.82) is 0 Å². The van der Waals surface area contributed by atoms with Crippen LogP contribution in [0.5, 0.6) is 0 Å². The molecule has 0 amide bonds. The van der Waals surface area contributed by atoms with Crippen LogP contribution in [0.2, 0.25) is 0 Å². The van der Waals surface area contributed by atoms with Crippen molar-refractivity contribution in [3.05, 3.63) is 23.8 Å². The summed E-state index contributed by atoms with van der Waals surface area (Å²) in [6.07, 6.45) is 0. The van der Waals surface area contributed by atoms with E-state index in [0.29, 0.717) is 16.2 Å². The molecule has 0 aliphatic carbocycles. The Morgan fingerprint density at radius 3 is 2.67 bits per heavy atom. The van der Waals surface area contributed by atoms with Gasteiger partial charge in [0.25, 0.3) is 0 Å². The van der Waals surface area contributed by atoms with E-state index in [9.17, 15) is 13.6 Å². The quantitative estimate of drug-likeness (QED) is 0.872. The molecule has 0 spiro atoms. The van der Waals surface area contributed by atoms with E-state index in [-0.39, 0.29) is 0 Å². The first-order valence-electron chi connectivity index (χ1n) is 5.11. The molecule has 0 bridgehead atoms. The average Bonchev–Trinajstić information content (AvgIpc) is 2.57. The molecule has 0 radical (unpaired) electrons. The molecular weight excluding hydrogens is 262 g/mol. The highest BCUT2D eigenvalue weighted by Gasteiger charge is 2.18. The second-order valence-corrected chi connectivity index (χ2v) is 5.11. The molecule has 1 N–H and O–H groups in total. The van der Waals surface area contributed by atoms with Crippen LogP contribution in [0.25, 0.3) is 11.0 Å². The third kappa shape index (κ3) is 2.17. The Labute approximate surface area is 106 Å². The zero-order valence-electron chi connectivity index (χ0n) is 9.65. The van der Waals surface area contributed by atoms with Gasteiger partial charge in [-0.05, 0) is 6.92 Å². The fourth-order valence-electron chi connectivity index (χ4n) is 1.48. The number of carboxylic acids is 1. The second-order valence-electron chi connectivity index (χ2n) is 3.81. The largest absolute Gasteiger partial charge is 0.480 e. The maximum Gasteiger partial charge on any atom is 0.316 e. The maximum atomic E-state index is 13.1. The predicted octanol–water partition coefficient (Wildman–Crippen LogP) is 2.42. The van der Waals surface area contributed by atoms with Crippen molar-refractivity contribution in [1.82, 2.24) is 9.55 Å². The van der Waals surface area contributed by atoms with Gasteiger partial charge in [0.05, 0.1) is 11.0 Å². The smallest absolute Gasteiger partial charge is 0.316 e. The molecule has 2 aromatic rings. The van der Waals surface area contributed by atoms with Gasteiger partial charge in [0.1, 0.15) is 5.25 Å². The van der Waals surface area contributed by atoms with Gasteiger partial charge in [-0.15, -0.1) is 0 Å². The number of aliphatic carboxylic acids is 1. The van der Waals surface area contributed by atoms with Gasteiger partial charge in [0.15, 0.2) is 16.8 Å².